The fraction of sp³-hybridized carbons (Fsp3) is 0.667. The number of aliphatic imine (C=N–C) groups is 1. The second kappa shape index (κ2) is 4.49. The highest BCUT2D eigenvalue weighted by atomic mass is 16.5. The van der Waals surface area contributed by atoms with Crippen LogP contribution in [-0.4, -0.2) is 42.1 Å². The van der Waals surface area contributed by atoms with Gasteiger partial charge in [-0.15, -0.1) is 6.58 Å². The maximum atomic E-state index is 11.9. The smallest absolute Gasteiger partial charge is 0.346 e. The number of urea groups is 1. The van der Waals surface area contributed by atoms with Gasteiger partial charge in [0.05, 0.1) is 6.10 Å². The summed E-state index contributed by atoms with van der Waals surface area (Å²) < 4.78 is 5.54. The van der Waals surface area contributed by atoms with Crippen molar-refractivity contribution in [3.63, 3.8) is 0 Å². The van der Waals surface area contributed by atoms with Gasteiger partial charge in [-0.3, -0.25) is 0 Å². The molecular weight excluding hydrogens is 218 g/mol. The molecule has 1 saturated carbocycles. The van der Waals surface area contributed by atoms with Gasteiger partial charge in [-0.1, -0.05) is 18.9 Å². The minimum absolute atomic E-state index is 0.0635. The van der Waals surface area contributed by atoms with Gasteiger partial charge in [0.15, 0.2) is 0 Å². The molecule has 1 aliphatic heterocycles. The lowest BCUT2D eigenvalue weighted by molar-refractivity contribution is -0.0174. The number of amidine groups is 1. The molecule has 1 fully saturated rings. The minimum atomic E-state index is -0.543. The number of nitrogens with zero attached hydrogens (tertiary/aromatic N) is 2. The molecule has 2 rings (SSSR count). The van der Waals surface area contributed by atoms with Crippen LogP contribution < -0.4 is 5.73 Å². The fourth-order valence-electron chi connectivity index (χ4n) is 2.98. The molecule has 0 saturated heterocycles. The van der Waals surface area contributed by atoms with Gasteiger partial charge in [0.25, 0.3) is 0 Å². The summed E-state index contributed by atoms with van der Waals surface area (Å²) in [7, 11) is 1.67. The van der Waals surface area contributed by atoms with Crippen LogP contribution in [0.3, 0.4) is 0 Å². The monoisotopic (exact) mass is 237 g/mol. The highest BCUT2D eigenvalue weighted by Gasteiger charge is 2.54. The zero-order valence-corrected chi connectivity index (χ0v) is 10.2. The lowest BCUT2D eigenvalue weighted by Crippen LogP contribution is -2.63. The third-order valence-electron chi connectivity index (χ3n) is 3.78. The standard InChI is InChI=1S/C12H19N3O2/c1-3-8-15-11(16)14-10(13)12(15)7-5-4-6-9(12)17-2/h3,9H,1,4-8H2,2H3,(H2,13,14,16). The van der Waals surface area contributed by atoms with E-state index in [0.717, 1.165) is 25.7 Å². The van der Waals surface area contributed by atoms with E-state index in [9.17, 15) is 4.79 Å². The Labute approximate surface area is 101 Å². The fourth-order valence-corrected chi connectivity index (χ4v) is 2.98. The van der Waals surface area contributed by atoms with Crippen LogP contribution in [0.4, 0.5) is 4.79 Å². The SMILES string of the molecule is C=CCN1C(=O)N=C(N)C12CCCCC2OC. The predicted octanol–water partition coefficient (Wildman–Crippen LogP) is 1.29. The zero-order valence-electron chi connectivity index (χ0n) is 10.2. The highest BCUT2D eigenvalue weighted by molar-refractivity contribution is 6.06. The van der Waals surface area contributed by atoms with Crippen LogP contribution in [-0.2, 0) is 4.74 Å². The molecular formula is C12H19N3O2. The van der Waals surface area contributed by atoms with Crippen molar-refractivity contribution in [2.45, 2.75) is 37.3 Å². The van der Waals surface area contributed by atoms with Gasteiger partial charge in [-0.05, 0) is 12.8 Å². The molecule has 5 heteroatoms. The Kier molecular flexibility index (Phi) is 3.19. The first-order valence-corrected chi connectivity index (χ1v) is 5.96. The summed E-state index contributed by atoms with van der Waals surface area (Å²) in [5, 5.41) is 0. The summed E-state index contributed by atoms with van der Waals surface area (Å²) in [6, 6.07) is -0.272. The third-order valence-corrected chi connectivity index (χ3v) is 3.78. The number of rotatable bonds is 3. The van der Waals surface area contributed by atoms with E-state index in [1.165, 1.54) is 0 Å². The summed E-state index contributed by atoms with van der Waals surface area (Å²) in [5.41, 5.74) is 5.45. The lowest BCUT2D eigenvalue weighted by Gasteiger charge is -2.45. The van der Waals surface area contributed by atoms with Crippen molar-refractivity contribution in [2.24, 2.45) is 10.7 Å². The van der Waals surface area contributed by atoms with Crippen molar-refractivity contribution in [3.05, 3.63) is 12.7 Å². The molecule has 5 nitrogen and oxygen atoms in total. The maximum absolute atomic E-state index is 11.9. The molecule has 0 aromatic rings. The first-order valence-electron chi connectivity index (χ1n) is 5.96. The minimum Gasteiger partial charge on any atom is -0.385 e. The molecule has 1 spiro atoms. The molecule has 2 unspecified atom stereocenters. The first-order chi connectivity index (χ1) is 8.16. The van der Waals surface area contributed by atoms with Gasteiger partial charge in [0.1, 0.15) is 11.4 Å². The molecule has 0 aromatic heterocycles. The number of nitrogens with two attached hydrogens (primary N) is 1. The number of hydrogen-bond donors (Lipinski definition) is 1. The van der Waals surface area contributed by atoms with Crippen LogP contribution in [0, 0.1) is 0 Å². The van der Waals surface area contributed by atoms with Crippen LogP contribution in [0.5, 0.6) is 0 Å². The second-order valence-electron chi connectivity index (χ2n) is 4.57. The van der Waals surface area contributed by atoms with Crippen molar-refractivity contribution in [2.75, 3.05) is 13.7 Å². The van der Waals surface area contributed by atoms with Gasteiger partial charge in [-0.25, -0.2) is 4.79 Å². The molecule has 17 heavy (non-hydrogen) atoms. The summed E-state index contributed by atoms with van der Waals surface area (Å²) in [6.45, 7) is 4.15. The molecule has 1 heterocycles. The van der Waals surface area contributed by atoms with Gasteiger partial charge in [0.2, 0.25) is 0 Å². The Balaban J connectivity index is 2.39. The number of carbonyl (C=O) groups excluding carboxylic acids is 1. The second-order valence-corrected chi connectivity index (χ2v) is 4.57. The Morgan fingerprint density at radius 3 is 3.12 bits per heavy atom. The Morgan fingerprint density at radius 1 is 1.71 bits per heavy atom. The Bertz CT molecular complexity index is 367. The predicted molar refractivity (Wildman–Crippen MR) is 65.9 cm³/mol. The first kappa shape index (κ1) is 12.1. The summed E-state index contributed by atoms with van der Waals surface area (Å²) in [5.74, 6) is 0.399. The normalized spacial score (nSPS) is 33.0. The van der Waals surface area contributed by atoms with Gasteiger partial charge < -0.3 is 15.4 Å². The van der Waals surface area contributed by atoms with Crippen LogP contribution in [0.1, 0.15) is 25.7 Å². The zero-order chi connectivity index (χ0) is 12.5. The molecule has 0 aromatic carbocycles. The summed E-state index contributed by atoms with van der Waals surface area (Å²) in [4.78, 5) is 17.5. The van der Waals surface area contributed by atoms with Gasteiger partial charge in [0, 0.05) is 13.7 Å². The third kappa shape index (κ3) is 1.65. The van der Waals surface area contributed by atoms with E-state index in [1.807, 2.05) is 0 Å². The molecule has 94 valence electrons. The van der Waals surface area contributed by atoms with Crippen LogP contribution in [0.2, 0.25) is 0 Å². The van der Waals surface area contributed by atoms with E-state index >= 15 is 0 Å². The topological polar surface area (TPSA) is 67.9 Å². The number of carbonyl (C=O) groups is 1. The average Bonchev–Trinajstić information content (AvgIpc) is 2.55. The van der Waals surface area contributed by atoms with Crippen molar-refractivity contribution in [1.82, 2.24) is 4.90 Å². The van der Waals surface area contributed by atoms with E-state index in [4.69, 9.17) is 10.5 Å². The molecule has 2 aliphatic rings. The van der Waals surface area contributed by atoms with Crippen molar-refractivity contribution in [1.29, 1.82) is 0 Å². The van der Waals surface area contributed by atoms with Crippen molar-refractivity contribution >= 4 is 11.9 Å². The summed E-state index contributed by atoms with van der Waals surface area (Å²) in [6.07, 6.45) is 5.51. The Morgan fingerprint density at radius 2 is 2.47 bits per heavy atom. The highest BCUT2D eigenvalue weighted by Crippen LogP contribution is 2.39. The van der Waals surface area contributed by atoms with Crippen LogP contribution >= 0.6 is 0 Å². The number of methoxy groups -OCH3 is 1. The molecule has 1 aliphatic carbocycles. The largest absolute Gasteiger partial charge is 0.385 e. The molecule has 2 N–H and O–H groups in total. The molecule has 0 bridgehead atoms. The van der Waals surface area contributed by atoms with E-state index in [-0.39, 0.29) is 12.1 Å². The van der Waals surface area contributed by atoms with E-state index in [1.54, 1.807) is 18.1 Å². The lowest BCUT2D eigenvalue weighted by atomic mass is 9.77. The average molecular weight is 237 g/mol. The van der Waals surface area contributed by atoms with E-state index in [2.05, 4.69) is 11.6 Å². The van der Waals surface area contributed by atoms with E-state index < -0.39 is 5.54 Å². The van der Waals surface area contributed by atoms with Crippen LogP contribution in [0.25, 0.3) is 0 Å². The maximum Gasteiger partial charge on any atom is 0.346 e. The number of amides is 2. The van der Waals surface area contributed by atoms with Crippen molar-refractivity contribution in [3.8, 4) is 0 Å². The molecule has 0 radical (unpaired) electrons. The molecule has 2 atom stereocenters. The summed E-state index contributed by atoms with van der Waals surface area (Å²) >= 11 is 0. The quantitative estimate of drug-likeness (QED) is 0.752. The number of ether oxygens (including phenoxy) is 1. The van der Waals surface area contributed by atoms with Crippen LogP contribution in [0.15, 0.2) is 17.6 Å². The van der Waals surface area contributed by atoms with Crippen molar-refractivity contribution < 1.29 is 9.53 Å². The Hall–Kier alpha value is -1.36. The number of hydrogen-bond acceptors (Lipinski definition) is 3. The van der Waals surface area contributed by atoms with Gasteiger partial charge >= 0.3 is 6.03 Å². The van der Waals surface area contributed by atoms with E-state index in [0.29, 0.717) is 12.4 Å². The molecule has 2 amide bonds. The van der Waals surface area contributed by atoms with Gasteiger partial charge in [-0.2, -0.15) is 4.99 Å².